The quantitative estimate of drug-likeness (QED) is 0.803. The number of hydrogen-bond donors (Lipinski definition) is 1. The number of nitrogens with zero attached hydrogens (tertiary/aromatic N) is 2. The molecule has 1 aromatic rings. The third-order valence-corrected chi connectivity index (χ3v) is 4.80. The van der Waals surface area contributed by atoms with Gasteiger partial charge in [0.1, 0.15) is 4.90 Å². The maximum absolute atomic E-state index is 12.3. The van der Waals surface area contributed by atoms with E-state index in [9.17, 15) is 8.42 Å². The Morgan fingerprint density at radius 1 is 1.62 bits per heavy atom. The van der Waals surface area contributed by atoms with Crippen LogP contribution < -0.4 is 0 Å². The molecule has 90 valence electrons. The largest absolute Gasteiger partial charge is 0.378 e. The molecule has 2 heterocycles. The van der Waals surface area contributed by atoms with Gasteiger partial charge in [-0.25, -0.2) is 8.42 Å². The van der Waals surface area contributed by atoms with E-state index >= 15 is 0 Å². The smallest absolute Gasteiger partial charge is 0.246 e. The van der Waals surface area contributed by atoms with E-state index in [2.05, 4.69) is 10.2 Å². The van der Waals surface area contributed by atoms with Crippen LogP contribution in [0, 0.1) is 6.92 Å². The number of rotatable bonds is 2. The standard InChI is InChI=1S/C9H15N3O3S/c1-7-6-15-4-3-12(7)16(13,14)9-5-10-11-8(9)2/h5,7H,3-4,6H2,1-2H3,(H,10,11)/t7-/m1/s1. The first-order valence-electron chi connectivity index (χ1n) is 5.13. The lowest BCUT2D eigenvalue weighted by Crippen LogP contribution is -2.47. The summed E-state index contributed by atoms with van der Waals surface area (Å²) in [6, 6.07) is -0.131. The Bertz CT molecular complexity index is 468. The van der Waals surface area contributed by atoms with Crippen LogP contribution in [0.2, 0.25) is 0 Å². The number of sulfonamides is 1. The highest BCUT2D eigenvalue weighted by molar-refractivity contribution is 7.89. The molecule has 16 heavy (non-hydrogen) atoms. The minimum Gasteiger partial charge on any atom is -0.378 e. The highest BCUT2D eigenvalue weighted by Crippen LogP contribution is 2.21. The molecule has 1 saturated heterocycles. The molecule has 1 N–H and O–H groups in total. The summed E-state index contributed by atoms with van der Waals surface area (Å²) in [5, 5.41) is 6.39. The van der Waals surface area contributed by atoms with Crippen LogP contribution in [0.15, 0.2) is 11.1 Å². The molecule has 0 bridgehead atoms. The lowest BCUT2D eigenvalue weighted by molar-refractivity contribution is 0.0392. The number of aryl methyl sites for hydroxylation is 1. The summed E-state index contributed by atoms with van der Waals surface area (Å²) in [5.74, 6) is 0. The molecule has 6 nitrogen and oxygen atoms in total. The predicted molar refractivity (Wildman–Crippen MR) is 57.5 cm³/mol. The Kier molecular flexibility index (Phi) is 3.00. The molecule has 7 heteroatoms. The van der Waals surface area contributed by atoms with Crippen molar-refractivity contribution in [1.82, 2.24) is 14.5 Å². The summed E-state index contributed by atoms with van der Waals surface area (Å²) in [7, 11) is -3.44. The summed E-state index contributed by atoms with van der Waals surface area (Å²) in [6.45, 7) is 4.82. The van der Waals surface area contributed by atoms with Gasteiger partial charge >= 0.3 is 0 Å². The van der Waals surface area contributed by atoms with Crippen LogP contribution in [0.5, 0.6) is 0 Å². The number of hydrogen-bond acceptors (Lipinski definition) is 4. The Balaban J connectivity index is 2.35. The average Bonchev–Trinajstić information content (AvgIpc) is 2.65. The Labute approximate surface area is 94.6 Å². The van der Waals surface area contributed by atoms with Crippen molar-refractivity contribution in [3.63, 3.8) is 0 Å². The summed E-state index contributed by atoms with van der Waals surface area (Å²) < 4.78 is 31.3. The predicted octanol–water partition coefficient (Wildman–Crippen LogP) is 0.128. The molecule has 0 unspecified atom stereocenters. The van der Waals surface area contributed by atoms with E-state index in [0.29, 0.717) is 25.5 Å². The highest BCUT2D eigenvalue weighted by Gasteiger charge is 2.33. The van der Waals surface area contributed by atoms with Crippen molar-refractivity contribution in [3.8, 4) is 0 Å². The molecular formula is C9H15N3O3S. The first-order chi connectivity index (χ1) is 7.53. The SMILES string of the molecule is Cc1[nH]ncc1S(=O)(=O)N1CCOC[C@H]1C. The van der Waals surface area contributed by atoms with Gasteiger partial charge in [0.25, 0.3) is 0 Å². The van der Waals surface area contributed by atoms with Gasteiger partial charge in [-0.15, -0.1) is 0 Å². The second-order valence-corrected chi connectivity index (χ2v) is 5.76. The van der Waals surface area contributed by atoms with E-state index < -0.39 is 10.0 Å². The molecule has 1 fully saturated rings. The van der Waals surface area contributed by atoms with E-state index in [1.165, 1.54) is 10.5 Å². The minimum atomic E-state index is -3.44. The number of nitrogens with one attached hydrogen (secondary N) is 1. The molecule has 0 aromatic carbocycles. The van der Waals surface area contributed by atoms with Gasteiger partial charge in [0.15, 0.2) is 0 Å². The summed E-state index contributed by atoms with van der Waals surface area (Å²) in [6.07, 6.45) is 1.35. The molecule has 1 aromatic heterocycles. The summed E-state index contributed by atoms with van der Waals surface area (Å²) in [5.41, 5.74) is 0.568. The normalized spacial score (nSPS) is 23.5. The third-order valence-electron chi connectivity index (χ3n) is 2.68. The first kappa shape index (κ1) is 11.6. The van der Waals surface area contributed by atoms with Crippen LogP contribution in [0.1, 0.15) is 12.6 Å². The zero-order chi connectivity index (χ0) is 11.8. The molecule has 0 spiro atoms. The van der Waals surface area contributed by atoms with Crippen molar-refractivity contribution in [3.05, 3.63) is 11.9 Å². The van der Waals surface area contributed by atoms with Crippen molar-refractivity contribution in [2.24, 2.45) is 0 Å². The van der Waals surface area contributed by atoms with Crippen LogP contribution in [0.3, 0.4) is 0 Å². The summed E-state index contributed by atoms with van der Waals surface area (Å²) in [4.78, 5) is 0.251. The van der Waals surface area contributed by atoms with E-state index in [1.807, 2.05) is 6.92 Å². The first-order valence-corrected chi connectivity index (χ1v) is 6.57. The molecule has 0 saturated carbocycles. The topological polar surface area (TPSA) is 75.3 Å². The zero-order valence-electron chi connectivity index (χ0n) is 9.30. The minimum absolute atomic E-state index is 0.131. The Hall–Kier alpha value is -0.920. The molecule has 0 aliphatic carbocycles. The average molecular weight is 245 g/mol. The monoisotopic (exact) mass is 245 g/mol. The van der Waals surface area contributed by atoms with Crippen molar-refractivity contribution in [2.45, 2.75) is 24.8 Å². The van der Waals surface area contributed by atoms with Crippen molar-refractivity contribution >= 4 is 10.0 Å². The van der Waals surface area contributed by atoms with Gasteiger partial charge in [0.2, 0.25) is 10.0 Å². The van der Waals surface area contributed by atoms with Gasteiger partial charge in [0, 0.05) is 12.6 Å². The number of aromatic nitrogens is 2. The lowest BCUT2D eigenvalue weighted by atomic mass is 10.3. The van der Waals surface area contributed by atoms with Crippen LogP contribution in [0.25, 0.3) is 0 Å². The fourth-order valence-electron chi connectivity index (χ4n) is 1.80. The van der Waals surface area contributed by atoms with Crippen LogP contribution in [0.4, 0.5) is 0 Å². The second kappa shape index (κ2) is 4.15. The Morgan fingerprint density at radius 2 is 2.38 bits per heavy atom. The number of H-pyrrole nitrogens is 1. The van der Waals surface area contributed by atoms with Gasteiger partial charge in [-0.3, -0.25) is 5.10 Å². The van der Waals surface area contributed by atoms with Gasteiger partial charge in [0.05, 0.1) is 25.1 Å². The molecular weight excluding hydrogens is 230 g/mol. The summed E-state index contributed by atoms with van der Waals surface area (Å²) >= 11 is 0. The lowest BCUT2D eigenvalue weighted by Gasteiger charge is -2.31. The van der Waals surface area contributed by atoms with Gasteiger partial charge in [-0.05, 0) is 13.8 Å². The number of morpholine rings is 1. The second-order valence-electron chi connectivity index (χ2n) is 3.90. The van der Waals surface area contributed by atoms with E-state index in [4.69, 9.17) is 4.74 Å². The van der Waals surface area contributed by atoms with Crippen LogP contribution in [-0.2, 0) is 14.8 Å². The fourth-order valence-corrected chi connectivity index (χ4v) is 3.52. The Morgan fingerprint density at radius 3 is 2.94 bits per heavy atom. The van der Waals surface area contributed by atoms with E-state index in [1.54, 1.807) is 6.92 Å². The fraction of sp³-hybridized carbons (Fsp3) is 0.667. The molecule has 1 atom stereocenters. The van der Waals surface area contributed by atoms with Crippen molar-refractivity contribution in [2.75, 3.05) is 19.8 Å². The molecule has 0 amide bonds. The maximum atomic E-state index is 12.3. The highest BCUT2D eigenvalue weighted by atomic mass is 32.2. The van der Waals surface area contributed by atoms with Crippen LogP contribution >= 0.6 is 0 Å². The zero-order valence-corrected chi connectivity index (χ0v) is 10.1. The van der Waals surface area contributed by atoms with E-state index in [0.717, 1.165) is 0 Å². The van der Waals surface area contributed by atoms with Gasteiger partial charge in [-0.1, -0.05) is 0 Å². The van der Waals surface area contributed by atoms with Crippen molar-refractivity contribution in [1.29, 1.82) is 0 Å². The maximum Gasteiger partial charge on any atom is 0.246 e. The molecule has 1 aliphatic rings. The van der Waals surface area contributed by atoms with Gasteiger partial charge in [-0.2, -0.15) is 9.40 Å². The molecule has 1 aliphatic heterocycles. The van der Waals surface area contributed by atoms with E-state index in [-0.39, 0.29) is 10.9 Å². The molecule has 0 radical (unpaired) electrons. The van der Waals surface area contributed by atoms with Crippen molar-refractivity contribution < 1.29 is 13.2 Å². The van der Waals surface area contributed by atoms with Gasteiger partial charge < -0.3 is 4.74 Å². The van der Waals surface area contributed by atoms with Crippen LogP contribution in [-0.4, -0.2) is 48.7 Å². The third kappa shape index (κ3) is 1.85. The number of aromatic amines is 1. The molecule has 2 rings (SSSR count). The number of ether oxygens (including phenoxy) is 1.